The fraction of sp³-hybridized carbons (Fsp3) is 0.462. The molecule has 1 aromatic carbocycles. The second-order valence-electron chi connectivity index (χ2n) is 4.55. The summed E-state index contributed by atoms with van der Waals surface area (Å²) >= 11 is 3.35. The molecule has 0 bridgehead atoms. The maximum atomic E-state index is 11.8. The van der Waals surface area contributed by atoms with E-state index in [4.69, 9.17) is 0 Å². The molecule has 1 aromatic rings. The van der Waals surface area contributed by atoms with E-state index in [1.807, 2.05) is 38.1 Å². The van der Waals surface area contributed by atoms with E-state index in [1.165, 1.54) is 0 Å². The SMILES string of the molecule is CC(C)CNC(=O)C[S@@](=O)Cc1ccc(Br)cc1. The van der Waals surface area contributed by atoms with E-state index in [-0.39, 0.29) is 11.7 Å². The molecule has 0 aromatic heterocycles. The number of rotatable bonds is 6. The zero-order chi connectivity index (χ0) is 13.5. The highest BCUT2D eigenvalue weighted by molar-refractivity contribution is 9.10. The van der Waals surface area contributed by atoms with Crippen LogP contribution < -0.4 is 5.32 Å². The van der Waals surface area contributed by atoms with Crippen LogP contribution in [-0.4, -0.2) is 22.4 Å². The Kier molecular flexibility index (Phi) is 6.57. The van der Waals surface area contributed by atoms with Gasteiger partial charge in [-0.3, -0.25) is 9.00 Å². The lowest BCUT2D eigenvalue weighted by molar-refractivity contribution is -0.118. The molecule has 0 aliphatic carbocycles. The van der Waals surface area contributed by atoms with E-state index in [9.17, 15) is 9.00 Å². The molecule has 18 heavy (non-hydrogen) atoms. The fourth-order valence-electron chi connectivity index (χ4n) is 1.33. The summed E-state index contributed by atoms with van der Waals surface area (Å²) in [7, 11) is -1.15. The molecule has 3 nitrogen and oxygen atoms in total. The quantitative estimate of drug-likeness (QED) is 0.870. The number of halogens is 1. The van der Waals surface area contributed by atoms with Crippen molar-refractivity contribution < 1.29 is 9.00 Å². The topological polar surface area (TPSA) is 46.2 Å². The van der Waals surface area contributed by atoms with Crippen LogP contribution in [0.1, 0.15) is 19.4 Å². The van der Waals surface area contributed by atoms with Crippen molar-refractivity contribution in [3.63, 3.8) is 0 Å². The molecule has 0 heterocycles. The third-order valence-corrected chi connectivity index (χ3v) is 4.01. The first-order chi connectivity index (χ1) is 8.47. The first-order valence-electron chi connectivity index (χ1n) is 5.83. The molecule has 0 spiro atoms. The lowest BCUT2D eigenvalue weighted by Crippen LogP contribution is -2.31. The Morgan fingerprint density at radius 3 is 2.50 bits per heavy atom. The van der Waals surface area contributed by atoms with E-state index >= 15 is 0 Å². The van der Waals surface area contributed by atoms with E-state index < -0.39 is 10.8 Å². The van der Waals surface area contributed by atoms with Crippen molar-refractivity contribution in [3.8, 4) is 0 Å². The molecule has 1 atom stereocenters. The Hall–Kier alpha value is -0.680. The van der Waals surface area contributed by atoms with Gasteiger partial charge in [0.15, 0.2) is 0 Å². The monoisotopic (exact) mass is 331 g/mol. The molecule has 1 rings (SSSR count). The first-order valence-corrected chi connectivity index (χ1v) is 8.11. The maximum Gasteiger partial charge on any atom is 0.232 e. The third kappa shape index (κ3) is 6.31. The zero-order valence-corrected chi connectivity index (χ0v) is 13.0. The number of benzene rings is 1. The van der Waals surface area contributed by atoms with E-state index in [0.29, 0.717) is 18.2 Å². The minimum Gasteiger partial charge on any atom is -0.355 e. The number of carbonyl (C=O) groups is 1. The van der Waals surface area contributed by atoms with Crippen molar-refractivity contribution in [2.45, 2.75) is 19.6 Å². The summed E-state index contributed by atoms with van der Waals surface area (Å²) in [5.41, 5.74) is 0.980. The van der Waals surface area contributed by atoms with Crippen molar-refractivity contribution >= 4 is 32.6 Å². The summed E-state index contributed by atoms with van der Waals surface area (Å²) < 4.78 is 12.8. The maximum absolute atomic E-state index is 11.8. The van der Waals surface area contributed by atoms with Crippen LogP contribution in [0.4, 0.5) is 0 Å². The van der Waals surface area contributed by atoms with Gasteiger partial charge in [-0.15, -0.1) is 0 Å². The van der Waals surface area contributed by atoms with Crippen LogP contribution >= 0.6 is 15.9 Å². The fourth-order valence-corrected chi connectivity index (χ4v) is 2.66. The molecule has 5 heteroatoms. The van der Waals surface area contributed by atoms with Crippen molar-refractivity contribution in [3.05, 3.63) is 34.3 Å². The lowest BCUT2D eigenvalue weighted by Gasteiger charge is -2.07. The van der Waals surface area contributed by atoms with Gasteiger partial charge in [0.1, 0.15) is 5.75 Å². The van der Waals surface area contributed by atoms with Crippen LogP contribution in [-0.2, 0) is 21.3 Å². The van der Waals surface area contributed by atoms with Crippen LogP contribution in [0.2, 0.25) is 0 Å². The summed E-state index contributed by atoms with van der Waals surface area (Å²) in [5.74, 6) is 0.763. The van der Waals surface area contributed by atoms with Gasteiger partial charge in [-0.25, -0.2) is 0 Å². The van der Waals surface area contributed by atoms with Crippen LogP contribution in [0.25, 0.3) is 0 Å². The van der Waals surface area contributed by atoms with Crippen LogP contribution in [0.5, 0.6) is 0 Å². The van der Waals surface area contributed by atoms with Crippen molar-refractivity contribution in [1.82, 2.24) is 5.32 Å². The molecule has 0 aliphatic heterocycles. The predicted molar refractivity (Wildman–Crippen MR) is 78.7 cm³/mol. The van der Waals surface area contributed by atoms with Gasteiger partial charge in [0.25, 0.3) is 0 Å². The Labute approximate surface area is 119 Å². The van der Waals surface area contributed by atoms with E-state index in [0.717, 1.165) is 10.0 Å². The Bertz CT molecular complexity index is 418. The molecule has 0 aliphatic rings. The summed E-state index contributed by atoms with van der Waals surface area (Å²) in [6.45, 7) is 4.69. The highest BCUT2D eigenvalue weighted by Gasteiger charge is 2.08. The highest BCUT2D eigenvalue weighted by Crippen LogP contribution is 2.11. The van der Waals surface area contributed by atoms with Gasteiger partial charge >= 0.3 is 0 Å². The third-order valence-electron chi connectivity index (χ3n) is 2.24. The molecule has 0 radical (unpaired) electrons. The largest absolute Gasteiger partial charge is 0.355 e. The minimum absolute atomic E-state index is 0.0722. The van der Waals surface area contributed by atoms with Crippen molar-refractivity contribution in [2.75, 3.05) is 12.3 Å². The van der Waals surface area contributed by atoms with E-state index in [2.05, 4.69) is 21.2 Å². The van der Waals surface area contributed by atoms with Crippen LogP contribution in [0.15, 0.2) is 28.7 Å². The van der Waals surface area contributed by atoms with Gasteiger partial charge in [0.05, 0.1) is 0 Å². The predicted octanol–water partition coefficient (Wildman–Crippen LogP) is 2.47. The van der Waals surface area contributed by atoms with Crippen LogP contribution in [0, 0.1) is 5.92 Å². The second kappa shape index (κ2) is 7.69. The Morgan fingerprint density at radius 2 is 1.94 bits per heavy atom. The number of amides is 1. The molecular formula is C13H18BrNO2S. The molecule has 0 unspecified atom stereocenters. The summed E-state index contributed by atoms with van der Waals surface area (Å²) in [4.78, 5) is 11.5. The average molecular weight is 332 g/mol. The molecule has 1 amide bonds. The highest BCUT2D eigenvalue weighted by atomic mass is 79.9. The number of hydrogen-bond acceptors (Lipinski definition) is 2. The van der Waals surface area contributed by atoms with Gasteiger partial charge in [-0.05, 0) is 23.6 Å². The van der Waals surface area contributed by atoms with Gasteiger partial charge in [-0.2, -0.15) is 0 Å². The summed E-state index contributed by atoms with van der Waals surface area (Å²) in [6, 6.07) is 7.64. The first kappa shape index (κ1) is 15.4. The zero-order valence-electron chi connectivity index (χ0n) is 10.6. The molecule has 0 saturated carbocycles. The molecular weight excluding hydrogens is 314 g/mol. The standard InChI is InChI=1S/C13H18BrNO2S/c1-10(2)7-15-13(16)9-18(17)8-11-3-5-12(14)6-4-11/h3-6,10H,7-9H2,1-2H3,(H,15,16)/t18-/m0/s1. The van der Waals surface area contributed by atoms with Crippen molar-refractivity contribution in [1.29, 1.82) is 0 Å². The average Bonchev–Trinajstić information content (AvgIpc) is 2.29. The number of carbonyl (C=O) groups excluding carboxylic acids is 1. The van der Waals surface area contributed by atoms with Gasteiger partial charge in [-0.1, -0.05) is 41.9 Å². The number of hydrogen-bond donors (Lipinski definition) is 1. The molecule has 100 valence electrons. The molecule has 0 saturated heterocycles. The van der Waals surface area contributed by atoms with Gasteiger partial charge < -0.3 is 5.32 Å². The van der Waals surface area contributed by atoms with Gasteiger partial charge in [0.2, 0.25) is 5.91 Å². The lowest BCUT2D eigenvalue weighted by atomic mass is 10.2. The number of nitrogens with one attached hydrogen (secondary N) is 1. The normalized spacial score (nSPS) is 12.4. The van der Waals surface area contributed by atoms with Crippen molar-refractivity contribution in [2.24, 2.45) is 5.92 Å². The molecule has 1 N–H and O–H groups in total. The van der Waals surface area contributed by atoms with Gasteiger partial charge in [0, 0.05) is 27.6 Å². The molecule has 0 fully saturated rings. The summed E-state index contributed by atoms with van der Waals surface area (Å²) in [5, 5.41) is 2.77. The Balaban J connectivity index is 2.37. The second-order valence-corrected chi connectivity index (χ2v) is 6.93. The Morgan fingerprint density at radius 1 is 1.33 bits per heavy atom. The smallest absolute Gasteiger partial charge is 0.232 e. The minimum atomic E-state index is -1.15. The van der Waals surface area contributed by atoms with Crippen LogP contribution in [0.3, 0.4) is 0 Å². The summed E-state index contributed by atoms with van der Waals surface area (Å²) in [6.07, 6.45) is 0. The van der Waals surface area contributed by atoms with E-state index in [1.54, 1.807) is 0 Å².